The van der Waals surface area contributed by atoms with Gasteiger partial charge in [0.05, 0.1) is 11.6 Å². The van der Waals surface area contributed by atoms with Gasteiger partial charge in [0.15, 0.2) is 0 Å². The van der Waals surface area contributed by atoms with Gasteiger partial charge in [0, 0.05) is 16.0 Å². The Morgan fingerprint density at radius 2 is 1.93 bits per heavy atom. The van der Waals surface area contributed by atoms with E-state index < -0.39 is 29.8 Å². The predicted molar refractivity (Wildman–Crippen MR) is 99.8 cm³/mol. The molecule has 144 valence electrons. The molecule has 8 heteroatoms. The van der Waals surface area contributed by atoms with Gasteiger partial charge in [-0.2, -0.15) is 13.2 Å². The van der Waals surface area contributed by atoms with Gasteiger partial charge in [-0.05, 0) is 48.2 Å². The molecular weight excluding hydrogens is 447 g/mol. The van der Waals surface area contributed by atoms with Crippen LogP contribution in [0.4, 0.5) is 13.2 Å². The predicted octanol–water partition coefficient (Wildman–Crippen LogP) is 5.76. The smallest absolute Gasteiger partial charge is 0.416 e. The van der Waals surface area contributed by atoms with Crippen LogP contribution in [0.25, 0.3) is 0 Å². The van der Waals surface area contributed by atoms with Gasteiger partial charge < -0.3 is 5.11 Å². The fourth-order valence-corrected chi connectivity index (χ4v) is 4.24. The molecule has 1 N–H and O–H groups in total. The summed E-state index contributed by atoms with van der Waals surface area (Å²) in [6.07, 6.45) is -3.43. The minimum Gasteiger partial charge on any atom is -0.480 e. The van der Waals surface area contributed by atoms with E-state index in [4.69, 9.17) is 11.6 Å². The third kappa shape index (κ3) is 4.15. The van der Waals surface area contributed by atoms with Crippen LogP contribution >= 0.6 is 27.5 Å². The van der Waals surface area contributed by atoms with Gasteiger partial charge in [0.25, 0.3) is 0 Å². The summed E-state index contributed by atoms with van der Waals surface area (Å²) in [5.74, 6) is -0.993. The van der Waals surface area contributed by atoms with E-state index in [1.807, 2.05) is 0 Å². The molecule has 2 aromatic carbocycles. The van der Waals surface area contributed by atoms with E-state index >= 15 is 0 Å². The van der Waals surface area contributed by atoms with Crippen LogP contribution in [0.1, 0.15) is 35.6 Å². The number of benzene rings is 2. The molecule has 2 aromatic rings. The molecular formula is C19H16BrClF3NO2. The lowest BCUT2D eigenvalue weighted by Gasteiger charge is -2.33. The van der Waals surface area contributed by atoms with Gasteiger partial charge in [0.1, 0.15) is 6.04 Å². The van der Waals surface area contributed by atoms with Crippen molar-refractivity contribution >= 4 is 33.5 Å². The molecule has 1 aliphatic heterocycles. The van der Waals surface area contributed by atoms with Crippen molar-refractivity contribution in [2.75, 3.05) is 6.54 Å². The Balaban J connectivity index is 2.20. The molecule has 0 saturated carbocycles. The zero-order valence-electron chi connectivity index (χ0n) is 14.0. The maximum absolute atomic E-state index is 13.3. The lowest BCUT2D eigenvalue weighted by Crippen LogP contribution is -2.39. The third-order valence-corrected chi connectivity index (χ3v) is 5.80. The molecule has 3 rings (SSSR count). The molecule has 0 bridgehead atoms. The Bertz CT molecular complexity index is 859. The largest absolute Gasteiger partial charge is 0.480 e. The molecule has 27 heavy (non-hydrogen) atoms. The molecule has 1 fully saturated rings. The number of nitrogens with zero attached hydrogens (tertiary/aromatic N) is 1. The number of alkyl halides is 3. The van der Waals surface area contributed by atoms with E-state index in [1.54, 1.807) is 29.2 Å². The summed E-state index contributed by atoms with van der Waals surface area (Å²) in [6.45, 7) is 0.454. The van der Waals surface area contributed by atoms with Gasteiger partial charge >= 0.3 is 12.1 Å². The Kier molecular flexibility index (Phi) is 5.84. The van der Waals surface area contributed by atoms with Crippen LogP contribution in [0.2, 0.25) is 5.02 Å². The van der Waals surface area contributed by atoms with E-state index in [0.29, 0.717) is 29.4 Å². The van der Waals surface area contributed by atoms with Crippen molar-refractivity contribution in [2.45, 2.75) is 31.1 Å². The number of aliphatic carboxylic acids is 1. The first-order valence-corrected chi connectivity index (χ1v) is 9.47. The second kappa shape index (κ2) is 7.81. The normalized spacial score (nSPS) is 19.2. The third-order valence-electron chi connectivity index (χ3n) is 4.73. The van der Waals surface area contributed by atoms with Crippen LogP contribution in [0.3, 0.4) is 0 Å². The highest BCUT2D eigenvalue weighted by molar-refractivity contribution is 9.10. The first kappa shape index (κ1) is 20.2. The standard InChI is InChI=1S/C19H16BrClF3NO2/c20-14-5-2-1-4-12(14)17(25-9-3-6-16(25)18(26)27)13-10-11(19(22,23)24)7-8-15(13)21/h1-2,4-5,7-8,10,16-17H,3,6,9H2,(H,26,27). The van der Waals surface area contributed by atoms with Gasteiger partial charge in [-0.15, -0.1) is 0 Å². The van der Waals surface area contributed by atoms with E-state index in [9.17, 15) is 23.1 Å². The summed E-state index contributed by atoms with van der Waals surface area (Å²) >= 11 is 9.73. The summed E-state index contributed by atoms with van der Waals surface area (Å²) in [6, 6.07) is 8.77. The van der Waals surface area contributed by atoms with Crippen molar-refractivity contribution in [1.82, 2.24) is 4.90 Å². The molecule has 0 radical (unpaired) electrons. The van der Waals surface area contributed by atoms with E-state index in [2.05, 4.69) is 15.9 Å². The van der Waals surface area contributed by atoms with Crippen LogP contribution < -0.4 is 0 Å². The number of rotatable bonds is 4. The Morgan fingerprint density at radius 1 is 1.22 bits per heavy atom. The summed E-state index contributed by atoms with van der Waals surface area (Å²) < 4.78 is 40.5. The molecule has 1 heterocycles. The number of carboxylic acids is 1. The van der Waals surface area contributed by atoms with Crippen molar-refractivity contribution < 1.29 is 23.1 Å². The second-order valence-electron chi connectivity index (χ2n) is 6.39. The zero-order chi connectivity index (χ0) is 19.8. The quantitative estimate of drug-likeness (QED) is 0.628. The van der Waals surface area contributed by atoms with Gasteiger partial charge in [-0.3, -0.25) is 9.69 Å². The van der Waals surface area contributed by atoms with Crippen molar-refractivity contribution in [3.8, 4) is 0 Å². The minimum absolute atomic E-state index is 0.166. The number of likely N-dealkylation sites (tertiary alicyclic amines) is 1. The maximum atomic E-state index is 13.3. The number of carboxylic acid groups (broad SMARTS) is 1. The topological polar surface area (TPSA) is 40.5 Å². The molecule has 0 amide bonds. The fourth-order valence-electron chi connectivity index (χ4n) is 3.51. The van der Waals surface area contributed by atoms with E-state index in [-0.39, 0.29) is 10.6 Å². The highest BCUT2D eigenvalue weighted by Gasteiger charge is 2.39. The van der Waals surface area contributed by atoms with Crippen molar-refractivity contribution in [1.29, 1.82) is 0 Å². The summed E-state index contributed by atoms with van der Waals surface area (Å²) in [4.78, 5) is 13.4. The number of hydrogen-bond donors (Lipinski definition) is 1. The average Bonchev–Trinajstić information content (AvgIpc) is 3.07. The fraction of sp³-hybridized carbons (Fsp3) is 0.316. The molecule has 0 aromatic heterocycles. The zero-order valence-corrected chi connectivity index (χ0v) is 16.4. The Morgan fingerprint density at radius 3 is 2.56 bits per heavy atom. The lowest BCUT2D eigenvalue weighted by molar-refractivity contribution is -0.143. The Hall–Kier alpha value is -1.57. The number of carbonyl (C=O) groups is 1. The Labute approximate surface area is 167 Å². The van der Waals surface area contributed by atoms with E-state index in [1.165, 1.54) is 6.07 Å². The average molecular weight is 463 g/mol. The summed E-state index contributed by atoms with van der Waals surface area (Å²) in [5.41, 5.74) is 0.100. The van der Waals surface area contributed by atoms with Crippen molar-refractivity contribution in [3.63, 3.8) is 0 Å². The van der Waals surface area contributed by atoms with Crippen LogP contribution in [0.5, 0.6) is 0 Å². The van der Waals surface area contributed by atoms with Gasteiger partial charge in [-0.1, -0.05) is 45.7 Å². The summed E-state index contributed by atoms with van der Waals surface area (Å²) in [7, 11) is 0. The second-order valence-corrected chi connectivity index (χ2v) is 7.65. The van der Waals surface area contributed by atoms with E-state index in [0.717, 1.165) is 12.1 Å². The van der Waals surface area contributed by atoms with Crippen molar-refractivity contribution in [2.24, 2.45) is 0 Å². The molecule has 1 aliphatic rings. The highest BCUT2D eigenvalue weighted by Crippen LogP contribution is 2.42. The first-order chi connectivity index (χ1) is 12.7. The van der Waals surface area contributed by atoms with Crippen LogP contribution in [0, 0.1) is 0 Å². The molecule has 0 aliphatic carbocycles. The van der Waals surface area contributed by atoms with Gasteiger partial charge in [0.2, 0.25) is 0 Å². The van der Waals surface area contributed by atoms with Crippen LogP contribution in [0.15, 0.2) is 46.9 Å². The van der Waals surface area contributed by atoms with Crippen molar-refractivity contribution in [3.05, 3.63) is 68.7 Å². The SMILES string of the molecule is O=C(O)C1CCCN1C(c1cc(C(F)(F)F)ccc1Cl)c1ccccc1Br. The minimum atomic E-state index is -4.52. The molecule has 0 spiro atoms. The molecule has 2 atom stereocenters. The summed E-state index contributed by atoms with van der Waals surface area (Å²) in [5, 5.41) is 9.75. The van der Waals surface area contributed by atoms with Crippen LogP contribution in [-0.4, -0.2) is 28.6 Å². The highest BCUT2D eigenvalue weighted by atomic mass is 79.9. The first-order valence-electron chi connectivity index (χ1n) is 8.29. The molecule has 2 unspecified atom stereocenters. The molecule has 1 saturated heterocycles. The number of halogens is 5. The molecule has 3 nitrogen and oxygen atoms in total. The monoisotopic (exact) mass is 461 g/mol. The van der Waals surface area contributed by atoms with Crippen LogP contribution in [-0.2, 0) is 11.0 Å². The maximum Gasteiger partial charge on any atom is 0.416 e. The van der Waals surface area contributed by atoms with Gasteiger partial charge in [-0.25, -0.2) is 0 Å². The number of hydrogen-bond acceptors (Lipinski definition) is 2. The lowest BCUT2D eigenvalue weighted by atomic mass is 9.94.